The van der Waals surface area contributed by atoms with E-state index in [0.717, 1.165) is 63.2 Å². The van der Waals surface area contributed by atoms with Crippen LogP contribution in [-0.4, -0.2) is 53.1 Å². The second kappa shape index (κ2) is 10.3. The fourth-order valence-corrected chi connectivity index (χ4v) is 6.07. The van der Waals surface area contributed by atoms with Crippen molar-refractivity contribution < 1.29 is 9.59 Å². The lowest BCUT2D eigenvalue weighted by Gasteiger charge is -2.40. The summed E-state index contributed by atoms with van der Waals surface area (Å²) in [6, 6.07) is 12.1. The zero-order valence-electron chi connectivity index (χ0n) is 20.8. The van der Waals surface area contributed by atoms with Gasteiger partial charge in [0.25, 0.3) is 0 Å². The van der Waals surface area contributed by atoms with E-state index in [1.54, 1.807) is 6.20 Å². The summed E-state index contributed by atoms with van der Waals surface area (Å²) in [6.45, 7) is 5.35. The summed E-state index contributed by atoms with van der Waals surface area (Å²) in [6.07, 6.45) is 10.2. The van der Waals surface area contributed by atoms with Crippen LogP contribution >= 0.6 is 0 Å². The lowest BCUT2D eigenvalue weighted by atomic mass is 9.74. The Bertz CT molecular complexity index is 1010. The monoisotopic (exact) mass is 475 g/mol. The first-order chi connectivity index (χ1) is 17.0. The minimum atomic E-state index is -0.143. The second-order valence-corrected chi connectivity index (χ2v) is 10.8. The molecule has 0 radical (unpaired) electrons. The molecule has 7 heteroatoms. The van der Waals surface area contributed by atoms with Crippen LogP contribution in [-0.2, 0) is 9.59 Å². The Morgan fingerprint density at radius 1 is 0.971 bits per heavy atom. The van der Waals surface area contributed by atoms with Gasteiger partial charge in [0.05, 0.1) is 5.92 Å². The molecule has 1 aromatic carbocycles. The maximum Gasteiger partial charge on any atom is 0.229 e. The van der Waals surface area contributed by atoms with E-state index in [4.69, 9.17) is 0 Å². The predicted molar refractivity (Wildman–Crippen MR) is 137 cm³/mol. The van der Waals surface area contributed by atoms with Gasteiger partial charge < -0.3 is 15.1 Å². The van der Waals surface area contributed by atoms with Crippen LogP contribution in [0.4, 0.5) is 11.5 Å². The van der Waals surface area contributed by atoms with Gasteiger partial charge in [-0.3, -0.25) is 9.59 Å². The van der Waals surface area contributed by atoms with Crippen molar-refractivity contribution in [1.29, 1.82) is 0 Å². The number of aromatic nitrogens is 2. The number of anilines is 2. The average Bonchev–Trinajstić information content (AvgIpc) is 3.41. The van der Waals surface area contributed by atoms with Crippen LogP contribution in [0.3, 0.4) is 0 Å². The number of carbonyl (C=O) groups is 2. The maximum absolute atomic E-state index is 13.2. The molecule has 0 spiro atoms. The van der Waals surface area contributed by atoms with E-state index < -0.39 is 0 Å². The van der Waals surface area contributed by atoms with Crippen LogP contribution in [0.25, 0.3) is 0 Å². The average molecular weight is 476 g/mol. The molecule has 1 aromatic heterocycles. The summed E-state index contributed by atoms with van der Waals surface area (Å²) in [5, 5.41) is 11.2. The van der Waals surface area contributed by atoms with E-state index in [9.17, 15) is 9.59 Å². The minimum Gasteiger partial charge on any atom is -0.354 e. The molecule has 1 aliphatic carbocycles. The van der Waals surface area contributed by atoms with Crippen molar-refractivity contribution in [2.45, 2.75) is 64.2 Å². The highest BCUT2D eigenvalue weighted by Crippen LogP contribution is 2.39. The normalized spacial score (nSPS) is 22.7. The second-order valence-electron chi connectivity index (χ2n) is 10.8. The number of hydrogen-bond acceptors (Lipinski definition) is 5. The Balaban J connectivity index is 1.11. The number of rotatable bonds is 5. The lowest BCUT2D eigenvalue weighted by molar-refractivity contribution is -0.144. The smallest absolute Gasteiger partial charge is 0.229 e. The van der Waals surface area contributed by atoms with Gasteiger partial charge in [0.2, 0.25) is 11.8 Å². The number of benzene rings is 1. The number of nitrogens with one attached hydrogen (secondary N) is 1. The summed E-state index contributed by atoms with van der Waals surface area (Å²) in [7, 11) is 0. The molecule has 7 nitrogen and oxygen atoms in total. The lowest BCUT2D eigenvalue weighted by Crippen LogP contribution is -2.46. The SMILES string of the molecule is CC1(C(=O)N2CCC(c3ccc(NC(=O)[C@H]4CCN(c5cccnn5)C4)cc3)CC2)CCCCC1. The molecular formula is C28H37N5O2. The molecule has 2 aromatic rings. The van der Waals surface area contributed by atoms with Gasteiger partial charge in [0.1, 0.15) is 0 Å². The Morgan fingerprint density at radius 3 is 2.40 bits per heavy atom. The first-order valence-corrected chi connectivity index (χ1v) is 13.2. The first-order valence-electron chi connectivity index (χ1n) is 13.2. The first kappa shape index (κ1) is 23.8. The van der Waals surface area contributed by atoms with Crippen LogP contribution in [0.1, 0.15) is 69.8 Å². The molecule has 5 rings (SSSR count). The van der Waals surface area contributed by atoms with Crippen LogP contribution in [0.15, 0.2) is 42.6 Å². The van der Waals surface area contributed by atoms with Crippen molar-refractivity contribution in [3.8, 4) is 0 Å². The molecule has 2 saturated heterocycles. The standard InChI is InChI=1S/C28H37N5O2/c1-28(14-3-2-4-15-28)27(35)32-17-11-22(12-18-32)21-7-9-24(10-8-21)30-26(34)23-13-19-33(20-23)25-6-5-16-29-31-25/h5-10,16,22-23H,2-4,11-15,17-20H2,1H3,(H,30,34)/t23-/m0/s1. The third-order valence-electron chi connectivity index (χ3n) is 8.35. The Morgan fingerprint density at radius 2 is 1.71 bits per heavy atom. The molecule has 1 saturated carbocycles. The number of nitrogens with zero attached hydrogens (tertiary/aromatic N) is 4. The van der Waals surface area contributed by atoms with E-state index in [-0.39, 0.29) is 17.2 Å². The molecule has 1 atom stereocenters. The van der Waals surface area contributed by atoms with E-state index in [0.29, 0.717) is 18.4 Å². The summed E-state index contributed by atoms with van der Waals surface area (Å²) < 4.78 is 0. The molecule has 3 heterocycles. The van der Waals surface area contributed by atoms with Crippen molar-refractivity contribution in [3.63, 3.8) is 0 Å². The van der Waals surface area contributed by atoms with Crippen LogP contribution in [0.5, 0.6) is 0 Å². The summed E-state index contributed by atoms with van der Waals surface area (Å²) in [5.41, 5.74) is 2.00. The molecule has 2 aliphatic heterocycles. The fraction of sp³-hybridized carbons (Fsp3) is 0.571. The number of piperidine rings is 1. The van der Waals surface area contributed by atoms with Crippen molar-refractivity contribution in [2.75, 3.05) is 36.4 Å². The van der Waals surface area contributed by atoms with Crippen molar-refractivity contribution >= 4 is 23.3 Å². The van der Waals surface area contributed by atoms with Gasteiger partial charge in [-0.2, -0.15) is 5.10 Å². The van der Waals surface area contributed by atoms with Crippen molar-refractivity contribution in [2.24, 2.45) is 11.3 Å². The van der Waals surface area contributed by atoms with E-state index in [1.165, 1.54) is 24.8 Å². The molecule has 35 heavy (non-hydrogen) atoms. The molecule has 1 N–H and O–H groups in total. The van der Waals surface area contributed by atoms with Crippen molar-refractivity contribution in [1.82, 2.24) is 15.1 Å². The quantitative estimate of drug-likeness (QED) is 0.683. The summed E-state index contributed by atoms with van der Waals surface area (Å²) in [4.78, 5) is 30.2. The molecule has 2 amide bonds. The fourth-order valence-electron chi connectivity index (χ4n) is 6.07. The summed E-state index contributed by atoms with van der Waals surface area (Å²) in [5.74, 6) is 1.68. The van der Waals surface area contributed by atoms with Crippen LogP contribution < -0.4 is 10.2 Å². The van der Waals surface area contributed by atoms with Gasteiger partial charge in [-0.25, -0.2) is 0 Å². The van der Waals surface area contributed by atoms with E-state index >= 15 is 0 Å². The number of likely N-dealkylation sites (tertiary alicyclic amines) is 1. The molecule has 0 bridgehead atoms. The minimum absolute atomic E-state index is 0.0513. The van der Waals surface area contributed by atoms with Gasteiger partial charge in [-0.1, -0.05) is 38.3 Å². The van der Waals surface area contributed by atoms with Crippen LogP contribution in [0.2, 0.25) is 0 Å². The topological polar surface area (TPSA) is 78.4 Å². The highest BCUT2D eigenvalue weighted by atomic mass is 16.2. The summed E-state index contributed by atoms with van der Waals surface area (Å²) >= 11 is 0. The van der Waals surface area contributed by atoms with Gasteiger partial charge in [-0.15, -0.1) is 5.10 Å². The van der Waals surface area contributed by atoms with Crippen molar-refractivity contribution in [3.05, 3.63) is 48.2 Å². The van der Waals surface area contributed by atoms with E-state index in [2.05, 4.69) is 44.4 Å². The zero-order valence-corrected chi connectivity index (χ0v) is 20.8. The molecular weight excluding hydrogens is 438 g/mol. The Kier molecular flexibility index (Phi) is 7.02. The van der Waals surface area contributed by atoms with Crippen LogP contribution in [0, 0.1) is 11.3 Å². The Hall–Kier alpha value is -2.96. The largest absolute Gasteiger partial charge is 0.354 e. The zero-order chi connectivity index (χ0) is 24.3. The third-order valence-corrected chi connectivity index (χ3v) is 8.35. The maximum atomic E-state index is 13.2. The highest BCUT2D eigenvalue weighted by Gasteiger charge is 2.38. The van der Waals surface area contributed by atoms with Gasteiger partial charge in [-0.05, 0) is 67.9 Å². The number of amides is 2. The predicted octanol–water partition coefficient (Wildman–Crippen LogP) is 4.62. The molecule has 3 fully saturated rings. The van der Waals surface area contributed by atoms with Gasteiger partial charge >= 0.3 is 0 Å². The van der Waals surface area contributed by atoms with Gasteiger partial charge in [0.15, 0.2) is 5.82 Å². The molecule has 186 valence electrons. The van der Waals surface area contributed by atoms with E-state index in [1.807, 2.05) is 24.3 Å². The molecule has 0 unspecified atom stereocenters. The number of carbonyl (C=O) groups excluding carboxylic acids is 2. The van der Waals surface area contributed by atoms with Gasteiger partial charge in [0, 0.05) is 43.5 Å². The highest BCUT2D eigenvalue weighted by molar-refractivity contribution is 5.93. The Labute approximate surface area is 208 Å². The molecule has 3 aliphatic rings. The number of hydrogen-bond donors (Lipinski definition) is 1. The third kappa shape index (κ3) is 5.34.